The Balaban J connectivity index is 1.61. The second kappa shape index (κ2) is 18.4. The first-order valence-electron chi connectivity index (χ1n) is 16.0. The Morgan fingerprint density at radius 2 is 1.34 bits per heavy atom. The quantitative estimate of drug-likeness (QED) is 0.0868. The Morgan fingerprint density at radius 3 is 1.92 bits per heavy atom. The zero-order valence-corrected chi connectivity index (χ0v) is 27.8. The van der Waals surface area contributed by atoms with Crippen molar-refractivity contribution in [3.63, 3.8) is 0 Å². The minimum absolute atomic E-state index is 0.0527. The Morgan fingerprint density at radius 1 is 0.780 bits per heavy atom. The molecule has 0 bridgehead atoms. The van der Waals surface area contributed by atoms with E-state index in [1.54, 1.807) is 0 Å². The molecule has 1 amide bonds. The minimum Gasteiger partial charge on any atom is -0.458 e. The summed E-state index contributed by atoms with van der Waals surface area (Å²) >= 11 is 0. The topological polar surface area (TPSA) is 224 Å². The van der Waals surface area contributed by atoms with Crippen LogP contribution in [-0.2, 0) is 56.0 Å². The van der Waals surface area contributed by atoms with Gasteiger partial charge in [-0.1, -0.05) is 70.9 Å². The lowest BCUT2D eigenvalue weighted by molar-refractivity contribution is -0.285. The maximum absolute atomic E-state index is 13.4. The van der Waals surface area contributed by atoms with Crippen LogP contribution < -0.4 is 0 Å². The summed E-state index contributed by atoms with van der Waals surface area (Å²) in [4.78, 5) is 57.1. The lowest BCUT2D eigenvalue weighted by Gasteiger charge is -2.45. The summed E-state index contributed by atoms with van der Waals surface area (Å²) in [6.07, 6.45) is -7.08. The van der Waals surface area contributed by atoms with E-state index >= 15 is 0 Å². The smallest absolute Gasteiger partial charge is 0.410 e. The van der Waals surface area contributed by atoms with E-state index in [4.69, 9.17) is 28.4 Å². The molecule has 2 aliphatic rings. The molecule has 266 valence electrons. The lowest BCUT2D eigenvalue weighted by atomic mass is 9.84. The molecule has 0 spiro atoms. The van der Waals surface area contributed by atoms with Gasteiger partial charge in [0.1, 0.15) is 18.8 Å². The molecule has 0 radical (unpaired) electrons. The third-order valence-electron chi connectivity index (χ3n) is 8.01. The van der Waals surface area contributed by atoms with Gasteiger partial charge in [0, 0.05) is 37.1 Å². The zero-order valence-electron chi connectivity index (χ0n) is 27.8. The highest BCUT2D eigenvalue weighted by molar-refractivity contribution is 5.68. The van der Waals surface area contributed by atoms with Crippen molar-refractivity contribution in [2.45, 2.75) is 102 Å². The van der Waals surface area contributed by atoms with Crippen molar-refractivity contribution in [1.82, 2.24) is 4.90 Å². The number of azide groups is 2. The summed E-state index contributed by atoms with van der Waals surface area (Å²) in [6.45, 7) is 3.78. The van der Waals surface area contributed by atoms with Crippen molar-refractivity contribution in [3.8, 4) is 0 Å². The SMILES string of the molecule is CC(=O)OC1CC[C@@H](CN(Cc2ccccc2)C(=O)OCc2ccccc2)OC1OC1[C@@H](N=[N+]=[N-])C[C@@H](N=[N+]=[N-])[C@H](OC(C)=O)[C@H]1OC(C)=O. The van der Waals surface area contributed by atoms with Gasteiger partial charge in [0.2, 0.25) is 0 Å². The molecule has 8 atom stereocenters. The van der Waals surface area contributed by atoms with E-state index in [1.807, 2.05) is 60.7 Å². The lowest BCUT2D eigenvalue weighted by Crippen LogP contribution is -2.60. The van der Waals surface area contributed by atoms with Crippen LogP contribution in [0.2, 0.25) is 0 Å². The normalized spacial score (nSPS) is 25.8. The van der Waals surface area contributed by atoms with Gasteiger partial charge in [0.25, 0.3) is 0 Å². The summed E-state index contributed by atoms with van der Waals surface area (Å²) in [5.41, 5.74) is 20.2. The maximum Gasteiger partial charge on any atom is 0.410 e. The van der Waals surface area contributed by atoms with Crippen molar-refractivity contribution >= 4 is 24.0 Å². The van der Waals surface area contributed by atoms with Crippen LogP contribution in [0.15, 0.2) is 70.9 Å². The standard InChI is InChI=1S/C33H39N7O10/c1-20(41)46-28-15-14-25(18-40(17-23-10-6-4-7-11-23)33(44)45-19-24-12-8-5-9-13-24)49-32(28)50-30-27(37-39-35)16-26(36-38-34)29(47-21(2)42)31(30)48-22(3)43/h4-13,25-32H,14-19H2,1-3H3/t25-,26+,27-,28?,29-,30?,31+,32?/m0/s1. The Labute approximate surface area is 287 Å². The molecule has 1 aliphatic heterocycles. The van der Waals surface area contributed by atoms with Crippen LogP contribution in [0.5, 0.6) is 0 Å². The molecule has 17 heteroatoms. The van der Waals surface area contributed by atoms with Gasteiger partial charge in [-0.2, -0.15) is 0 Å². The second-order valence-electron chi connectivity index (χ2n) is 11.8. The molecule has 3 unspecified atom stereocenters. The van der Waals surface area contributed by atoms with Gasteiger partial charge in [0.05, 0.1) is 24.7 Å². The predicted molar refractivity (Wildman–Crippen MR) is 173 cm³/mol. The Kier molecular flexibility index (Phi) is 13.8. The number of carbonyl (C=O) groups is 4. The van der Waals surface area contributed by atoms with Crippen molar-refractivity contribution in [1.29, 1.82) is 0 Å². The number of benzene rings is 2. The van der Waals surface area contributed by atoms with Crippen molar-refractivity contribution < 1.29 is 47.6 Å². The van der Waals surface area contributed by atoms with Crippen molar-refractivity contribution in [2.75, 3.05) is 6.54 Å². The van der Waals surface area contributed by atoms with Gasteiger partial charge >= 0.3 is 24.0 Å². The molecule has 4 rings (SSSR count). The first kappa shape index (κ1) is 37.5. The monoisotopic (exact) mass is 693 g/mol. The van der Waals surface area contributed by atoms with Gasteiger partial charge in [-0.15, -0.1) is 0 Å². The number of nitrogens with zero attached hydrogens (tertiary/aromatic N) is 7. The van der Waals surface area contributed by atoms with Crippen LogP contribution in [0, 0.1) is 0 Å². The Hall–Kier alpha value is -5.34. The number of ether oxygens (including phenoxy) is 6. The molecule has 1 heterocycles. The third-order valence-corrected chi connectivity index (χ3v) is 8.01. The number of hydrogen-bond acceptors (Lipinski definition) is 12. The van der Waals surface area contributed by atoms with E-state index in [2.05, 4.69) is 20.1 Å². The molecule has 2 fully saturated rings. The van der Waals surface area contributed by atoms with E-state index in [0.29, 0.717) is 6.42 Å². The largest absolute Gasteiger partial charge is 0.458 e. The molecule has 17 nitrogen and oxygen atoms in total. The fourth-order valence-corrected chi connectivity index (χ4v) is 5.96. The fraction of sp³-hybridized carbons (Fsp3) is 0.515. The summed E-state index contributed by atoms with van der Waals surface area (Å²) in [7, 11) is 0. The number of rotatable bonds is 13. The van der Waals surface area contributed by atoms with Gasteiger partial charge in [-0.05, 0) is 41.5 Å². The molecule has 2 aromatic rings. The van der Waals surface area contributed by atoms with E-state index < -0.39 is 72.9 Å². The van der Waals surface area contributed by atoms with Gasteiger partial charge < -0.3 is 33.3 Å². The summed E-state index contributed by atoms with van der Waals surface area (Å²) in [5.74, 6) is -2.16. The number of hydrogen-bond donors (Lipinski definition) is 0. The molecule has 0 N–H and O–H groups in total. The molecular weight excluding hydrogens is 654 g/mol. The van der Waals surface area contributed by atoms with Gasteiger partial charge in [0.15, 0.2) is 18.5 Å². The van der Waals surface area contributed by atoms with Crippen LogP contribution in [-0.4, -0.2) is 84.3 Å². The maximum atomic E-state index is 13.4. The zero-order chi connectivity index (χ0) is 36.0. The molecule has 50 heavy (non-hydrogen) atoms. The summed E-state index contributed by atoms with van der Waals surface area (Å²) in [6, 6.07) is 16.4. The van der Waals surface area contributed by atoms with E-state index in [0.717, 1.165) is 25.0 Å². The molecule has 1 saturated carbocycles. The fourth-order valence-electron chi connectivity index (χ4n) is 5.96. The molecule has 0 aromatic heterocycles. The average Bonchev–Trinajstić information content (AvgIpc) is 3.08. The van der Waals surface area contributed by atoms with E-state index in [1.165, 1.54) is 11.8 Å². The number of carbonyl (C=O) groups excluding carboxylic acids is 4. The molecule has 2 aromatic carbocycles. The van der Waals surface area contributed by atoms with Crippen molar-refractivity contribution in [2.24, 2.45) is 10.2 Å². The minimum atomic E-state index is -1.42. The number of esters is 3. The van der Waals surface area contributed by atoms with Crippen molar-refractivity contribution in [3.05, 3.63) is 92.7 Å². The van der Waals surface area contributed by atoms with Crippen LogP contribution in [0.4, 0.5) is 4.79 Å². The van der Waals surface area contributed by atoms with Gasteiger partial charge in [-0.3, -0.25) is 14.4 Å². The highest BCUT2D eigenvalue weighted by Crippen LogP contribution is 2.35. The summed E-state index contributed by atoms with van der Waals surface area (Å²) in [5, 5.41) is 7.51. The highest BCUT2D eigenvalue weighted by Gasteiger charge is 2.51. The van der Waals surface area contributed by atoms with E-state index in [-0.39, 0.29) is 32.5 Å². The predicted octanol–water partition coefficient (Wildman–Crippen LogP) is 5.27. The van der Waals surface area contributed by atoms with Crippen LogP contribution in [0.25, 0.3) is 20.9 Å². The van der Waals surface area contributed by atoms with Crippen LogP contribution in [0.1, 0.15) is 51.2 Å². The number of amides is 1. The average molecular weight is 694 g/mol. The highest BCUT2D eigenvalue weighted by atomic mass is 16.7. The molecule has 1 saturated heterocycles. The van der Waals surface area contributed by atoms with Crippen LogP contribution >= 0.6 is 0 Å². The third kappa shape index (κ3) is 10.8. The first-order valence-corrected chi connectivity index (χ1v) is 16.0. The molecular formula is C33H39N7O10. The van der Waals surface area contributed by atoms with Crippen LogP contribution in [0.3, 0.4) is 0 Å². The summed E-state index contributed by atoms with van der Waals surface area (Å²) < 4.78 is 34.9. The first-order chi connectivity index (χ1) is 24.1. The molecule has 1 aliphatic carbocycles. The second-order valence-corrected chi connectivity index (χ2v) is 11.8. The van der Waals surface area contributed by atoms with Gasteiger partial charge in [-0.25, -0.2) is 4.79 Å². The Bertz CT molecular complexity index is 1570. The van der Waals surface area contributed by atoms with E-state index in [9.17, 15) is 30.2 Å².